The van der Waals surface area contributed by atoms with Crippen LogP contribution >= 0.6 is 22.9 Å². The van der Waals surface area contributed by atoms with E-state index in [2.05, 4.69) is 30.0 Å². The number of piperazine rings is 1. The van der Waals surface area contributed by atoms with Crippen molar-refractivity contribution >= 4 is 44.3 Å². The highest BCUT2D eigenvalue weighted by molar-refractivity contribution is 7.22. The molecular weight excluding hydrogens is 430 g/mol. The molecule has 2 aromatic carbocycles. The molecule has 4 aromatic rings. The van der Waals surface area contributed by atoms with Crippen molar-refractivity contribution in [3.8, 4) is 5.69 Å². The predicted octanol–water partition coefficient (Wildman–Crippen LogP) is 4.71. The zero-order chi connectivity index (χ0) is 21.5. The van der Waals surface area contributed by atoms with Gasteiger partial charge >= 0.3 is 0 Å². The van der Waals surface area contributed by atoms with Gasteiger partial charge in [0.15, 0.2) is 10.8 Å². The Hall–Kier alpha value is -2.90. The smallest absolute Gasteiger partial charge is 0.255 e. The van der Waals surface area contributed by atoms with Crippen LogP contribution in [0.2, 0.25) is 5.02 Å². The highest BCUT2D eigenvalue weighted by atomic mass is 35.5. The van der Waals surface area contributed by atoms with Crippen molar-refractivity contribution in [3.05, 3.63) is 70.4 Å². The number of nitrogens with zero attached hydrogens (tertiary/aromatic N) is 5. The third-order valence-electron chi connectivity index (χ3n) is 5.57. The minimum absolute atomic E-state index is 0.0134. The van der Waals surface area contributed by atoms with Gasteiger partial charge in [-0.25, -0.2) is 4.68 Å². The van der Waals surface area contributed by atoms with Crippen LogP contribution in [0.3, 0.4) is 0 Å². The Bertz CT molecular complexity index is 1270. The van der Waals surface area contributed by atoms with Gasteiger partial charge in [-0.3, -0.25) is 4.79 Å². The van der Waals surface area contributed by atoms with Crippen LogP contribution < -0.4 is 4.90 Å². The zero-order valence-corrected chi connectivity index (χ0v) is 19.0. The number of hydrogen-bond acceptors (Lipinski definition) is 5. The van der Waals surface area contributed by atoms with Gasteiger partial charge in [0.2, 0.25) is 0 Å². The third kappa shape index (κ3) is 3.68. The fourth-order valence-electron chi connectivity index (χ4n) is 3.90. The van der Waals surface area contributed by atoms with Crippen molar-refractivity contribution in [1.29, 1.82) is 0 Å². The van der Waals surface area contributed by atoms with Crippen molar-refractivity contribution in [2.45, 2.75) is 13.8 Å². The Morgan fingerprint density at radius 2 is 1.81 bits per heavy atom. The van der Waals surface area contributed by atoms with Gasteiger partial charge < -0.3 is 9.80 Å². The molecule has 0 spiro atoms. The maximum Gasteiger partial charge on any atom is 0.255 e. The van der Waals surface area contributed by atoms with Crippen LogP contribution in [-0.4, -0.2) is 51.8 Å². The molecule has 31 heavy (non-hydrogen) atoms. The number of aromatic nitrogens is 3. The number of aryl methyl sites for hydroxylation is 2. The predicted molar refractivity (Wildman–Crippen MR) is 126 cm³/mol. The molecule has 158 valence electrons. The molecule has 0 radical (unpaired) electrons. The van der Waals surface area contributed by atoms with E-state index in [0.29, 0.717) is 23.7 Å². The standard InChI is InChI=1S/C23H22ClN5OS/c1-15-6-5-7-17(14-15)29-21-20(16(2)26-29)31-23(25-21)28-12-10-27(11-13-28)22(30)18-8-3-4-9-19(18)24/h3-9,14H,10-13H2,1-2H3. The van der Waals surface area contributed by atoms with Gasteiger partial charge in [-0.05, 0) is 43.7 Å². The van der Waals surface area contributed by atoms with Crippen molar-refractivity contribution in [2.75, 3.05) is 31.1 Å². The van der Waals surface area contributed by atoms with E-state index in [4.69, 9.17) is 21.7 Å². The quantitative estimate of drug-likeness (QED) is 0.452. The molecule has 2 aromatic heterocycles. The fourth-order valence-corrected chi connectivity index (χ4v) is 5.16. The summed E-state index contributed by atoms with van der Waals surface area (Å²) in [5.41, 5.74) is 4.63. The first kappa shape index (κ1) is 20.0. The van der Waals surface area contributed by atoms with E-state index >= 15 is 0 Å². The minimum atomic E-state index is -0.0134. The monoisotopic (exact) mass is 451 g/mol. The number of amides is 1. The van der Waals surface area contributed by atoms with Gasteiger partial charge in [-0.2, -0.15) is 10.1 Å². The maximum atomic E-state index is 12.8. The van der Waals surface area contributed by atoms with Gasteiger partial charge in [-0.15, -0.1) is 0 Å². The first-order valence-corrected chi connectivity index (χ1v) is 11.4. The van der Waals surface area contributed by atoms with Gasteiger partial charge in [0, 0.05) is 26.2 Å². The Kier molecular flexibility index (Phi) is 5.16. The van der Waals surface area contributed by atoms with Crippen LogP contribution in [0, 0.1) is 13.8 Å². The molecular formula is C23H22ClN5OS. The summed E-state index contributed by atoms with van der Waals surface area (Å²) in [4.78, 5) is 21.9. The zero-order valence-electron chi connectivity index (χ0n) is 17.4. The number of hydrogen-bond donors (Lipinski definition) is 0. The van der Waals surface area contributed by atoms with E-state index in [1.54, 1.807) is 23.5 Å². The van der Waals surface area contributed by atoms with Crippen molar-refractivity contribution in [2.24, 2.45) is 0 Å². The van der Waals surface area contributed by atoms with E-state index in [0.717, 1.165) is 39.9 Å². The molecule has 0 saturated carbocycles. The minimum Gasteiger partial charge on any atom is -0.344 e. The SMILES string of the molecule is Cc1cccc(-n2nc(C)c3sc(N4CCN(C(=O)c5ccccc5Cl)CC4)nc32)c1. The first-order valence-electron chi connectivity index (χ1n) is 10.2. The molecule has 0 aliphatic carbocycles. The van der Waals surface area contributed by atoms with Gasteiger partial charge in [0.1, 0.15) is 0 Å². The number of halogens is 1. The molecule has 0 N–H and O–H groups in total. The lowest BCUT2D eigenvalue weighted by atomic mass is 10.2. The molecule has 1 saturated heterocycles. The molecule has 0 atom stereocenters. The van der Waals surface area contributed by atoms with Crippen LogP contribution in [0.5, 0.6) is 0 Å². The van der Waals surface area contributed by atoms with Gasteiger partial charge in [-0.1, -0.05) is 47.2 Å². The number of anilines is 1. The Balaban J connectivity index is 1.36. The van der Waals surface area contributed by atoms with Gasteiger partial charge in [0.05, 0.1) is 26.7 Å². The van der Waals surface area contributed by atoms with E-state index in [9.17, 15) is 4.79 Å². The van der Waals surface area contributed by atoms with Crippen LogP contribution in [0.4, 0.5) is 5.13 Å². The van der Waals surface area contributed by atoms with Crippen molar-refractivity contribution in [3.63, 3.8) is 0 Å². The topological polar surface area (TPSA) is 54.3 Å². The normalized spacial score (nSPS) is 14.4. The average molecular weight is 452 g/mol. The molecule has 8 heteroatoms. The maximum absolute atomic E-state index is 12.8. The number of rotatable bonds is 3. The lowest BCUT2D eigenvalue weighted by Crippen LogP contribution is -2.48. The summed E-state index contributed by atoms with van der Waals surface area (Å²) in [7, 11) is 0. The van der Waals surface area contributed by atoms with E-state index < -0.39 is 0 Å². The summed E-state index contributed by atoms with van der Waals surface area (Å²) in [5, 5.41) is 6.18. The summed E-state index contributed by atoms with van der Waals surface area (Å²) < 4.78 is 3.03. The molecule has 3 heterocycles. The van der Waals surface area contributed by atoms with Crippen LogP contribution in [-0.2, 0) is 0 Å². The summed E-state index contributed by atoms with van der Waals surface area (Å²) in [5.74, 6) is -0.0134. The number of carbonyl (C=O) groups excluding carboxylic acids is 1. The number of thiazole rings is 1. The first-order chi connectivity index (χ1) is 15.0. The second-order valence-corrected chi connectivity index (χ2v) is 9.13. The highest BCUT2D eigenvalue weighted by Crippen LogP contribution is 2.33. The third-order valence-corrected chi connectivity index (χ3v) is 7.11. The summed E-state index contributed by atoms with van der Waals surface area (Å²) in [6.07, 6.45) is 0. The molecule has 1 aliphatic rings. The van der Waals surface area contributed by atoms with E-state index in [-0.39, 0.29) is 5.91 Å². The summed E-state index contributed by atoms with van der Waals surface area (Å²) in [6, 6.07) is 15.5. The highest BCUT2D eigenvalue weighted by Gasteiger charge is 2.26. The molecule has 1 amide bonds. The Labute approximate surface area is 189 Å². The Morgan fingerprint density at radius 3 is 2.55 bits per heavy atom. The number of benzene rings is 2. The molecule has 6 nitrogen and oxygen atoms in total. The second-order valence-electron chi connectivity index (χ2n) is 7.74. The van der Waals surface area contributed by atoms with E-state index in [1.807, 2.05) is 34.7 Å². The fraction of sp³-hybridized carbons (Fsp3) is 0.261. The van der Waals surface area contributed by atoms with Crippen LogP contribution in [0.25, 0.3) is 16.0 Å². The van der Waals surface area contributed by atoms with Crippen LogP contribution in [0.1, 0.15) is 21.6 Å². The number of carbonyl (C=O) groups is 1. The summed E-state index contributed by atoms with van der Waals surface area (Å²) >= 11 is 7.88. The largest absolute Gasteiger partial charge is 0.344 e. The van der Waals surface area contributed by atoms with Crippen molar-refractivity contribution < 1.29 is 4.79 Å². The van der Waals surface area contributed by atoms with Crippen molar-refractivity contribution in [1.82, 2.24) is 19.7 Å². The molecule has 0 unspecified atom stereocenters. The molecule has 0 bridgehead atoms. The lowest BCUT2D eigenvalue weighted by molar-refractivity contribution is 0.0747. The molecule has 1 fully saturated rings. The van der Waals surface area contributed by atoms with Gasteiger partial charge in [0.25, 0.3) is 5.91 Å². The van der Waals surface area contributed by atoms with E-state index in [1.165, 1.54) is 5.56 Å². The molecule has 5 rings (SSSR count). The average Bonchev–Trinajstić information content (AvgIpc) is 3.34. The Morgan fingerprint density at radius 1 is 1.03 bits per heavy atom. The second kappa shape index (κ2) is 7.98. The van der Waals surface area contributed by atoms with Crippen LogP contribution in [0.15, 0.2) is 48.5 Å². The number of fused-ring (bicyclic) bond motifs is 1. The molecule has 1 aliphatic heterocycles. The summed E-state index contributed by atoms with van der Waals surface area (Å²) in [6.45, 7) is 6.86. The lowest BCUT2D eigenvalue weighted by Gasteiger charge is -2.34.